The van der Waals surface area contributed by atoms with Crippen LogP contribution in [-0.2, 0) is 13.0 Å². The van der Waals surface area contributed by atoms with Crippen LogP contribution in [0, 0.1) is 0 Å². The minimum absolute atomic E-state index is 0.342. The number of imidazole rings is 1. The van der Waals surface area contributed by atoms with Crippen molar-refractivity contribution in [2.75, 3.05) is 20.2 Å². The Morgan fingerprint density at radius 1 is 1.25 bits per heavy atom. The Kier molecular flexibility index (Phi) is 5.88. The van der Waals surface area contributed by atoms with Crippen molar-refractivity contribution in [3.8, 4) is 5.88 Å². The highest BCUT2D eigenvalue weighted by Crippen LogP contribution is 2.34. The molecule has 3 aromatic rings. The summed E-state index contributed by atoms with van der Waals surface area (Å²) < 4.78 is 7.49. The highest BCUT2D eigenvalue weighted by Gasteiger charge is 2.27. The first-order valence-electron chi connectivity index (χ1n) is 10.2. The van der Waals surface area contributed by atoms with Crippen LogP contribution in [0.1, 0.15) is 48.7 Å². The molecule has 6 heteroatoms. The highest BCUT2D eigenvalue weighted by molar-refractivity contribution is 5.43. The maximum Gasteiger partial charge on any atom is 0.198 e. The molecule has 3 aromatic heterocycles. The predicted molar refractivity (Wildman–Crippen MR) is 110 cm³/mol. The number of nitrogens with zero attached hydrogens (tertiary/aromatic N) is 4. The fraction of sp³-hybridized carbons (Fsp3) is 0.455. The largest absolute Gasteiger partial charge is 0.482 e. The molecule has 0 saturated carbocycles. The Bertz CT molecular complexity index is 922. The Balaban J connectivity index is 1.62. The number of aromatic nitrogens is 3. The zero-order valence-electron chi connectivity index (χ0n) is 16.6. The van der Waals surface area contributed by atoms with Crippen LogP contribution in [0.25, 0.3) is 5.65 Å². The zero-order valence-corrected chi connectivity index (χ0v) is 16.6. The van der Waals surface area contributed by atoms with E-state index in [1.165, 1.54) is 17.7 Å². The lowest BCUT2D eigenvalue weighted by Crippen LogP contribution is -2.33. The van der Waals surface area contributed by atoms with Gasteiger partial charge >= 0.3 is 0 Å². The summed E-state index contributed by atoms with van der Waals surface area (Å²) >= 11 is 0. The predicted octanol–water partition coefficient (Wildman–Crippen LogP) is 3.36. The number of ether oxygens (including phenoxy) is 1. The lowest BCUT2D eigenvalue weighted by atomic mass is 9.90. The van der Waals surface area contributed by atoms with E-state index in [1.807, 2.05) is 34.9 Å². The lowest BCUT2D eigenvalue weighted by Gasteiger charge is -2.34. The van der Waals surface area contributed by atoms with Crippen LogP contribution in [0.3, 0.4) is 0 Å². The quantitative estimate of drug-likeness (QED) is 0.608. The average Bonchev–Trinajstić information content (AvgIpc) is 3.15. The van der Waals surface area contributed by atoms with E-state index in [-0.39, 0.29) is 0 Å². The van der Waals surface area contributed by atoms with Crippen molar-refractivity contribution in [3.63, 3.8) is 0 Å². The van der Waals surface area contributed by atoms with Gasteiger partial charge in [-0.25, -0.2) is 4.98 Å². The molecular weight excluding hydrogens is 350 g/mol. The van der Waals surface area contributed by atoms with Gasteiger partial charge in [0.2, 0.25) is 0 Å². The van der Waals surface area contributed by atoms with E-state index in [0.29, 0.717) is 6.04 Å². The van der Waals surface area contributed by atoms with Crippen molar-refractivity contribution in [1.82, 2.24) is 19.3 Å². The first-order valence-corrected chi connectivity index (χ1v) is 10.2. The monoisotopic (exact) mass is 379 g/mol. The van der Waals surface area contributed by atoms with Crippen molar-refractivity contribution in [2.45, 2.75) is 44.7 Å². The number of rotatable bonds is 8. The molecule has 28 heavy (non-hydrogen) atoms. The van der Waals surface area contributed by atoms with Crippen LogP contribution in [0.5, 0.6) is 5.88 Å². The number of pyridine rings is 2. The minimum Gasteiger partial charge on any atom is -0.482 e. The van der Waals surface area contributed by atoms with E-state index < -0.39 is 0 Å². The van der Waals surface area contributed by atoms with Crippen LogP contribution >= 0.6 is 0 Å². The molecule has 0 aromatic carbocycles. The summed E-state index contributed by atoms with van der Waals surface area (Å²) in [5.41, 5.74) is 10.3. The van der Waals surface area contributed by atoms with Crippen LogP contribution in [0.4, 0.5) is 0 Å². The second kappa shape index (κ2) is 8.71. The van der Waals surface area contributed by atoms with Gasteiger partial charge in [-0.2, -0.15) is 0 Å². The lowest BCUT2D eigenvalue weighted by molar-refractivity contribution is 0.161. The van der Waals surface area contributed by atoms with Crippen LogP contribution in [0.2, 0.25) is 0 Å². The smallest absolute Gasteiger partial charge is 0.198 e. The Morgan fingerprint density at radius 2 is 2.18 bits per heavy atom. The highest BCUT2D eigenvalue weighted by atomic mass is 16.5. The van der Waals surface area contributed by atoms with Crippen LogP contribution in [-0.4, -0.2) is 39.5 Å². The van der Waals surface area contributed by atoms with E-state index in [0.717, 1.165) is 62.5 Å². The molecule has 0 spiro atoms. The molecule has 1 aliphatic carbocycles. The van der Waals surface area contributed by atoms with E-state index in [2.05, 4.69) is 17.2 Å². The second-order valence-corrected chi connectivity index (χ2v) is 7.45. The summed E-state index contributed by atoms with van der Waals surface area (Å²) in [6, 6.07) is 10.6. The number of unbranched alkanes of at least 4 members (excludes halogenated alkanes) is 1. The normalized spacial score (nSPS) is 16.5. The van der Waals surface area contributed by atoms with E-state index in [1.54, 1.807) is 7.11 Å². The second-order valence-electron chi connectivity index (χ2n) is 7.45. The summed E-state index contributed by atoms with van der Waals surface area (Å²) in [5, 5.41) is 0. The van der Waals surface area contributed by atoms with Crippen LogP contribution < -0.4 is 10.5 Å². The Morgan fingerprint density at radius 3 is 3.04 bits per heavy atom. The van der Waals surface area contributed by atoms with Crippen molar-refractivity contribution < 1.29 is 4.74 Å². The summed E-state index contributed by atoms with van der Waals surface area (Å²) in [4.78, 5) is 12.1. The van der Waals surface area contributed by atoms with Gasteiger partial charge < -0.3 is 10.5 Å². The van der Waals surface area contributed by atoms with Gasteiger partial charge in [0, 0.05) is 18.9 Å². The third-order valence-electron chi connectivity index (χ3n) is 5.58. The maximum absolute atomic E-state index is 5.74. The molecule has 6 nitrogen and oxygen atoms in total. The standard InChI is InChI=1S/C22H29N5O/c1-28-21-11-5-10-20-25-18(16-27(20)21)15-26(14-3-2-12-23)19-9-4-7-17-8-6-13-24-22(17)19/h5-6,8,10-11,13,16,19H,2-4,7,9,12,14-15,23H2,1H3. The SMILES string of the molecule is COc1cccc2nc(CN(CCCCN)C3CCCc4cccnc43)cn12. The van der Waals surface area contributed by atoms with Gasteiger partial charge in [0.1, 0.15) is 5.65 Å². The number of methoxy groups -OCH3 is 1. The molecule has 2 N–H and O–H groups in total. The number of hydrogen-bond acceptors (Lipinski definition) is 5. The molecule has 3 heterocycles. The van der Waals surface area contributed by atoms with Gasteiger partial charge in [0.25, 0.3) is 0 Å². The van der Waals surface area contributed by atoms with Gasteiger partial charge in [0.05, 0.1) is 24.5 Å². The van der Waals surface area contributed by atoms with E-state index in [9.17, 15) is 0 Å². The fourth-order valence-electron chi connectivity index (χ4n) is 4.23. The molecule has 0 bridgehead atoms. The minimum atomic E-state index is 0.342. The summed E-state index contributed by atoms with van der Waals surface area (Å²) in [5.74, 6) is 0.801. The first kappa shape index (κ1) is 18.9. The molecule has 0 fully saturated rings. The van der Waals surface area contributed by atoms with Crippen molar-refractivity contribution in [3.05, 3.63) is 59.7 Å². The number of hydrogen-bond donors (Lipinski definition) is 1. The Hall–Kier alpha value is -2.44. The number of nitrogens with two attached hydrogens (primary N) is 1. The average molecular weight is 380 g/mol. The summed E-state index contributed by atoms with van der Waals surface area (Å²) in [7, 11) is 1.69. The van der Waals surface area contributed by atoms with Gasteiger partial charge in [-0.1, -0.05) is 12.1 Å². The zero-order chi connectivity index (χ0) is 19.3. The van der Waals surface area contributed by atoms with Crippen molar-refractivity contribution in [1.29, 1.82) is 0 Å². The fourth-order valence-corrected chi connectivity index (χ4v) is 4.23. The molecule has 0 radical (unpaired) electrons. The molecule has 148 valence electrons. The topological polar surface area (TPSA) is 68.7 Å². The van der Waals surface area contributed by atoms with Gasteiger partial charge in [-0.3, -0.25) is 14.3 Å². The third-order valence-corrected chi connectivity index (χ3v) is 5.58. The molecule has 0 saturated heterocycles. The third kappa shape index (κ3) is 3.88. The molecule has 1 unspecified atom stereocenters. The van der Waals surface area contributed by atoms with Gasteiger partial charge in [0.15, 0.2) is 5.88 Å². The molecule has 0 aliphatic heterocycles. The van der Waals surface area contributed by atoms with Crippen LogP contribution in [0.15, 0.2) is 42.7 Å². The van der Waals surface area contributed by atoms with Gasteiger partial charge in [-0.15, -0.1) is 0 Å². The number of fused-ring (bicyclic) bond motifs is 2. The molecule has 4 rings (SSSR count). The first-order chi connectivity index (χ1) is 13.8. The van der Waals surface area contributed by atoms with E-state index in [4.69, 9.17) is 20.4 Å². The van der Waals surface area contributed by atoms with Crippen molar-refractivity contribution in [2.24, 2.45) is 5.73 Å². The molecule has 1 aliphatic rings. The number of aryl methyl sites for hydroxylation is 1. The molecule has 0 amide bonds. The maximum atomic E-state index is 5.74. The Labute approximate surface area is 166 Å². The van der Waals surface area contributed by atoms with Crippen molar-refractivity contribution >= 4 is 5.65 Å². The van der Waals surface area contributed by atoms with E-state index >= 15 is 0 Å². The summed E-state index contributed by atoms with van der Waals surface area (Å²) in [6.45, 7) is 2.54. The summed E-state index contributed by atoms with van der Waals surface area (Å²) in [6.07, 6.45) is 9.61. The van der Waals surface area contributed by atoms with Gasteiger partial charge in [-0.05, 0) is 69.0 Å². The molecular formula is C22H29N5O. The molecule has 1 atom stereocenters.